The summed E-state index contributed by atoms with van der Waals surface area (Å²) < 4.78 is 16.9. The molecule has 0 aliphatic rings. The topological polar surface area (TPSA) is 78.9 Å². The Bertz CT molecular complexity index is 1720. The molecule has 0 aromatic heterocycles. The molecule has 0 rings (SSSR count). The van der Waals surface area contributed by atoms with Crippen molar-refractivity contribution in [2.45, 2.75) is 309 Å². The number of allylic oxidation sites excluding steroid dienone is 22. The van der Waals surface area contributed by atoms with Gasteiger partial charge in [0.15, 0.2) is 6.10 Å². The van der Waals surface area contributed by atoms with Crippen LogP contribution in [0, 0.1) is 0 Å². The molecule has 0 aliphatic carbocycles. The first-order valence-corrected chi connectivity index (χ1v) is 33.7. The summed E-state index contributed by atoms with van der Waals surface area (Å²) in [5.74, 6) is -0.932. The van der Waals surface area contributed by atoms with Gasteiger partial charge in [0.1, 0.15) is 13.2 Å². The summed E-state index contributed by atoms with van der Waals surface area (Å²) in [5, 5.41) is 0. The minimum absolute atomic E-state index is 0.0979. The summed E-state index contributed by atoms with van der Waals surface area (Å²) in [6.07, 6.45) is 96.0. The van der Waals surface area contributed by atoms with Gasteiger partial charge in [0, 0.05) is 19.3 Å². The second kappa shape index (κ2) is 68.1. The van der Waals surface area contributed by atoms with Crippen LogP contribution in [0.25, 0.3) is 0 Å². The number of esters is 3. The van der Waals surface area contributed by atoms with Crippen LogP contribution in [0.15, 0.2) is 134 Å². The number of hydrogen-bond acceptors (Lipinski definition) is 6. The molecule has 0 fully saturated rings. The first-order valence-electron chi connectivity index (χ1n) is 33.7. The quantitative estimate of drug-likeness (QED) is 0.0261. The molecule has 0 aromatic rings. The van der Waals surface area contributed by atoms with Crippen LogP contribution in [-0.4, -0.2) is 37.2 Å². The molecule has 0 saturated carbocycles. The van der Waals surface area contributed by atoms with Crippen molar-refractivity contribution in [2.75, 3.05) is 13.2 Å². The predicted octanol–water partition coefficient (Wildman–Crippen LogP) is 23.3. The van der Waals surface area contributed by atoms with Crippen LogP contribution in [0.5, 0.6) is 0 Å². The van der Waals surface area contributed by atoms with Gasteiger partial charge in [-0.05, 0) is 135 Å². The Morgan fingerprint density at radius 1 is 0.259 bits per heavy atom. The molecule has 0 aliphatic heterocycles. The van der Waals surface area contributed by atoms with Crippen molar-refractivity contribution in [1.82, 2.24) is 0 Å². The Labute approximate surface area is 500 Å². The highest BCUT2D eigenvalue weighted by atomic mass is 16.6. The molecule has 6 heteroatoms. The van der Waals surface area contributed by atoms with E-state index in [-0.39, 0.29) is 31.1 Å². The van der Waals surface area contributed by atoms with Crippen molar-refractivity contribution >= 4 is 17.9 Å². The van der Waals surface area contributed by atoms with Crippen molar-refractivity contribution in [2.24, 2.45) is 0 Å². The van der Waals surface area contributed by atoms with Crippen molar-refractivity contribution in [1.29, 1.82) is 0 Å². The molecule has 81 heavy (non-hydrogen) atoms. The van der Waals surface area contributed by atoms with E-state index in [1.165, 1.54) is 116 Å². The van der Waals surface area contributed by atoms with Gasteiger partial charge in [-0.2, -0.15) is 0 Å². The molecular formula is C75H124O6. The predicted molar refractivity (Wildman–Crippen MR) is 353 cm³/mol. The molecule has 1 unspecified atom stereocenters. The minimum Gasteiger partial charge on any atom is -0.462 e. The molecule has 0 aromatic carbocycles. The van der Waals surface area contributed by atoms with Crippen LogP contribution in [0.1, 0.15) is 303 Å². The van der Waals surface area contributed by atoms with E-state index in [4.69, 9.17) is 14.2 Å². The van der Waals surface area contributed by atoms with Gasteiger partial charge in [-0.15, -0.1) is 0 Å². The number of rotatable bonds is 60. The third-order valence-electron chi connectivity index (χ3n) is 14.1. The zero-order chi connectivity index (χ0) is 58.5. The number of carbonyl (C=O) groups excluding carboxylic acids is 3. The van der Waals surface area contributed by atoms with Gasteiger partial charge >= 0.3 is 17.9 Å². The lowest BCUT2D eigenvalue weighted by molar-refractivity contribution is -0.167. The van der Waals surface area contributed by atoms with Crippen molar-refractivity contribution < 1.29 is 28.6 Å². The fourth-order valence-electron chi connectivity index (χ4n) is 9.14. The van der Waals surface area contributed by atoms with Gasteiger partial charge in [-0.3, -0.25) is 14.4 Å². The fourth-order valence-corrected chi connectivity index (χ4v) is 9.14. The van der Waals surface area contributed by atoms with Crippen LogP contribution in [0.4, 0.5) is 0 Å². The molecule has 1 atom stereocenters. The summed E-state index contributed by atoms with van der Waals surface area (Å²) in [7, 11) is 0. The first-order chi connectivity index (χ1) is 40.0. The van der Waals surface area contributed by atoms with Gasteiger partial charge in [-0.1, -0.05) is 283 Å². The second-order valence-electron chi connectivity index (χ2n) is 22.0. The maximum absolute atomic E-state index is 13.0. The zero-order valence-electron chi connectivity index (χ0n) is 52.8. The van der Waals surface area contributed by atoms with E-state index in [0.29, 0.717) is 19.3 Å². The van der Waals surface area contributed by atoms with E-state index in [0.717, 1.165) is 148 Å². The maximum atomic E-state index is 13.0. The Morgan fingerprint density at radius 3 is 0.765 bits per heavy atom. The number of hydrogen-bond donors (Lipinski definition) is 0. The van der Waals surface area contributed by atoms with E-state index in [2.05, 4.69) is 154 Å². The summed E-state index contributed by atoms with van der Waals surface area (Å²) >= 11 is 0. The molecule has 6 nitrogen and oxygen atoms in total. The van der Waals surface area contributed by atoms with Gasteiger partial charge in [0.25, 0.3) is 0 Å². The van der Waals surface area contributed by atoms with Gasteiger partial charge in [0.2, 0.25) is 0 Å². The van der Waals surface area contributed by atoms with E-state index < -0.39 is 6.10 Å². The SMILES string of the molecule is CC/C=C\C/C=C\C/C=C\C/C=C\C/C=C\C/C=C\CCCCCCC(=O)OCC(COC(=O)CCCCCCCC/C=C\C/C=C\C/C=C\C/C=C\CC)OC(=O)CCCCCCCCCCC/C=C\CCCCCCCCCC. The van der Waals surface area contributed by atoms with Gasteiger partial charge < -0.3 is 14.2 Å². The smallest absolute Gasteiger partial charge is 0.306 e. The molecule has 0 amide bonds. The van der Waals surface area contributed by atoms with Crippen molar-refractivity contribution in [3.8, 4) is 0 Å². The highest BCUT2D eigenvalue weighted by molar-refractivity contribution is 5.71. The molecule has 460 valence electrons. The maximum Gasteiger partial charge on any atom is 0.306 e. The summed E-state index contributed by atoms with van der Waals surface area (Å²) in [4.78, 5) is 38.4. The molecular weight excluding hydrogens is 997 g/mol. The summed E-state index contributed by atoms with van der Waals surface area (Å²) in [6.45, 7) is 6.40. The van der Waals surface area contributed by atoms with Crippen LogP contribution >= 0.6 is 0 Å². The summed E-state index contributed by atoms with van der Waals surface area (Å²) in [6, 6.07) is 0. The standard InChI is InChI=1S/C75H124O6/c1-4-7-10-13-16-19-22-25-28-31-34-36-37-39-41-44-47-50-53-56-59-62-65-68-74(77)80-71-72(70-79-73(76)67-64-61-58-55-52-49-46-43-40-33-30-27-24-21-18-15-12-9-6-3)81-75(78)69-66-63-60-57-54-51-48-45-42-38-35-32-29-26-23-20-17-14-11-8-5-2/h7,9-10,12,16,18-19,21,25,27-28,30,32,34-36,39-41,43,47,50,72H,4-6,8,11,13-15,17,20,22-24,26,29,31,33,37-38,42,44-46,48-49,51-71H2,1-3H3/b10-7-,12-9-,19-16-,21-18-,28-25-,30-27-,35-32-,36-34-,41-39-,43-40-,50-47-. The number of unbranched alkanes of at least 4 members (excludes halogenated alkanes) is 27. The van der Waals surface area contributed by atoms with E-state index >= 15 is 0 Å². The van der Waals surface area contributed by atoms with Crippen LogP contribution in [0.2, 0.25) is 0 Å². The number of ether oxygens (including phenoxy) is 3. The van der Waals surface area contributed by atoms with E-state index in [1.54, 1.807) is 0 Å². The van der Waals surface area contributed by atoms with E-state index in [9.17, 15) is 14.4 Å². The monoisotopic (exact) mass is 1120 g/mol. The largest absolute Gasteiger partial charge is 0.462 e. The average molecular weight is 1120 g/mol. The average Bonchev–Trinajstić information content (AvgIpc) is 3.47. The molecule has 0 spiro atoms. The highest BCUT2D eigenvalue weighted by Crippen LogP contribution is 2.16. The number of carbonyl (C=O) groups is 3. The van der Waals surface area contributed by atoms with Crippen molar-refractivity contribution in [3.63, 3.8) is 0 Å². The molecule has 0 bridgehead atoms. The first kappa shape index (κ1) is 76.5. The van der Waals surface area contributed by atoms with Crippen LogP contribution in [-0.2, 0) is 28.6 Å². The molecule has 0 heterocycles. The zero-order valence-corrected chi connectivity index (χ0v) is 52.8. The summed E-state index contributed by atoms with van der Waals surface area (Å²) in [5.41, 5.74) is 0. The van der Waals surface area contributed by atoms with Gasteiger partial charge in [0.05, 0.1) is 0 Å². The lowest BCUT2D eigenvalue weighted by Crippen LogP contribution is -2.30. The minimum atomic E-state index is -0.803. The van der Waals surface area contributed by atoms with Crippen LogP contribution in [0.3, 0.4) is 0 Å². The normalized spacial score (nSPS) is 13.0. The Morgan fingerprint density at radius 2 is 0.481 bits per heavy atom. The lowest BCUT2D eigenvalue weighted by Gasteiger charge is -2.18. The third-order valence-corrected chi connectivity index (χ3v) is 14.1. The second-order valence-corrected chi connectivity index (χ2v) is 22.0. The molecule has 0 N–H and O–H groups in total. The lowest BCUT2D eigenvalue weighted by atomic mass is 10.1. The Balaban J connectivity index is 4.48. The third kappa shape index (κ3) is 66.2. The fraction of sp³-hybridized carbons (Fsp3) is 0.667. The van der Waals surface area contributed by atoms with Gasteiger partial charge in [-0.25, -0.2) is 0 Å². The van der Waals surface area contributed by atoms with E-state index in [1.807, 2.05) is 0 Å². The highest BCUT2D eigenvalue weighted by Gasteiger charge is 2.19. The Hall–Kier alpha value is -4.45. The van der Waals surface area contributed by atoms with Crippen molar-refractivity contribution in [3.05, 3.63) is 134 Å². The van der Waals surface area contributed by atoms with Crippen LogP contribution < -0.4 is 0 Å². The molecule has 0 radical (unpaired) electrons. The Kier molecular flexibility index (Phi) is 64.3. The molecule has 0 saturated heterocycles.